The monoisotopic (exact) mass is 234 g/mol. The summed E-state index contributed by atoms with van der Waals surface area (Å²) in [6.07, 6.45) is 4.50. The maximum atomic E-state index is 9.70. The first-order valence-corrected chi connectivity index (χ1v) is 6.38. The van der Waals surface area contributed by atoms with Crippen LogP contribution >= 0.6 is 0 Å². The molecule has 1 aromatic carbocycles. The van der Waals surface area contributed by atoms with E-state index in [2.05, 4.69) is 12.2 Å². The van der Waals surface area contributed by atoms with E-state index in [1.165, 1.54) is 12.8 Å². The maximum absolute atomic E-state index is 9.70. The van der Waals surface area contributed by atoms with Crippen molar-refractivity contribution in [2.75, 3.05) is 17.7 Å². The van der Waals surface area contributed by atoms with E-state index < -0.39 is 0 Å². The molecule has 1 fully saturated rings. The summed E-state index contributed by atoms with van der Waals surface area (Å²) in [7, 11) is 0. The number of aliphatic hydroxyl groups excluding tert-OH is 1. The first-order chi connectivity index (χ1) is 8.13. The minimum atomic E-state index is -0.161. The van der Waals surface area contributed by atoms with Crippen LogP contribution in [0.2, 0.25) is 0 Å². The lowest BCUT2D eigenvalue weighted by Gasteiger charge is -2.40. The summed E-state index contributed by atoms with van der Waals surface area (Å²) >= 11 is 0. The van der Waals surface area contributed by atoms with Gasteiger partial charge in [0.25, 0.3) is 0 Å². The second-order valence-corrected chi connectivity index (χ2v) is 5.39. The van der Waals surface area contributed by atoms with E-state index in [4.69, 9.17) is 5.73 Å². The fourth-order valence-corrected chi connectivity index (χ4v) is 2.88. The molecular formula is C14H22N2O. The standard InChI is InChI=1S/C14H22N2O/c1-11-4-3-7-14(9-11,10-17)16-13-6-2-5-12(15)8-13/h2,5-6,8,11,16-17H,3-4,7,9-10,15H2,1H3. The molecule has 0 heterocycles. The molecule has 0 saturated heterocycles. The van der Waals surface area contributed by atoms with Crippen LogP contribution in [0.3, 0.4) is 0 Å². The van der Waals surface area contributed by atoms with Crippen LogP contribution in [0, 0.1) is 5.92 Å². The Morgan fingerprint density at radius 3 is 3.00 bits per heavy atom. The highest BCUT2D eigenvalue weighted by Gasteiger charge is 2.34. The first-order valence-electron chi connectivity index (χ1n) is 6.38. The molecule has 94 valence electrons. The second kappa shape index (κ2) is 4.96. The number of rotatable bonds is 3. The summed E-state index contributed by atoms with van der Waals surface area (Å²) in [6, 6.07) is 7.75. The molecule has 0 bridgehead atoms. The van der Waals surface area contributed by atoms with Gasteiger partial charge in [0.05, 0.1) is 12.1 Å². The predicted octanol–water partition coefficient (Wildman–Crippen LogP) is 2.62. The zero-order valence-electron chi connectivity index (χ0n) is 10.4. The highest BCUT2D eigenvalue weighted by atomic mass is 16.3. The van der Waals surface area contributed by atoms with Gasteiger partial charge < -0.3 is 16.2 Å². The normalized spacial score (nSPS) is 28.9. The number of benzene rings is 1. The molecule has 17 heavy (non-hydrogen) atoms. The Balaban J connectivity index is 2.13. The van der Waals surface area contributed by atoms with Crippen molar-refractivity contribution in [1.82, 2.24) is 0 Å². The van der Waals surface area contributed by atoms with Crippen LogP contribution in [-0.2, 0) is 0 Å². The van der Waals surface area contributed by atoms with E-state index in [9.17, 15) is 5.11 Å². The van der Waals surface area contributed by atoms with Crippen molar-refractivity contribution >= 4 is 11.4 Å². The third-order valence-electron chi connectivity index (χ3n) is 3.69. The van der Waals surface area contributed by atoms with E-state index in [1.54, 1.807) is 0 Å². The van der Waals surface area contributed by atoms with E-state index in [0.717, 1.165) is 24.2 Å². The molecule has 0 radical (unpaired) electrons. The molecule has 1 saturated carbocycles. The molecule has 3 heteroatoms. The summed E-state index contributed by atoms with van der Waals surface area (Å²) in [5.74, 6) is 0.671. The average molecular weight is 234 g/mol. The average Bonchev–Trinajstić information content (AvgIpc) is 2.29. The lowest BCUT2D eigenvalue weighted by Crippen LogP contribution is -2.45. The molecule has 4 N–H and O–H groups in total. The maximum Gasteiger partial charge on any atom is 0.0661 e. The van der Waals surface area contributed by atoms with Crippen molar-refractivity contribution in [3.8, 4) is 0 Å². The van der Waals surface area contributed by atoms with Crippen molar-refractivity contribution < 1.29 is 5.11 Å². The van der Waals surface area contributed by atoms with Crippen molar-refractivity contribution in [2.45, 2.75) is 38.1 Å². The molecule has 1 aliphatic carbocycles. The van der Waals surface area contributed by atoms with Gasteiger partial charge in [-0.3, -0.25) is 0 Å². The molecule has 0 amide bonds. The number of aliphatic hydroxyl groups is 1. The van der Waals surface area contributed by atoms with Gasteiger partial charge in [-0.15, -0.1) is 0 Å². The Morgan fingerprint density at radius 1 is 1.53 bits per heavy atom. The molecule has 1 aliphatic rings. The summed E-state index contributed by atoms with van der Waals surface area (Å²) in [5.41, 5.74) is 7.38. The lowest BCUT2D eigenvalue weighted by molar-refractivity contribution is 0.149. The van der Waals surface area contributed by atoms with Crippen molar-refractivity contribution in [3.05, 3.63) is 24.3 Å². The molecule has 0 spiro atoms. The first kappa shape index (κ1) is 12.2. The number of nitrogen functional groups attached to an aromatic ring is 1. The summed E-state index contributed by atoms with van der Waals surface area (Å²) < 4.78 is 0. The zero-order valence-corrected chi connectivity index (χ0v) is 10.4. The van der Waals surface area contributed by atoms with Crippen LogP contribution in [0.1, 0.15) is 32.6 Å². The fraction of sp³-hybridized carbons (Fsp3) is 0.571. The molecular weight excluding hydrogens is 212 g/mol. The number of nitrogens with two attached hydrogens (primary N) is 1. The van der Waals surface area contributed by atoms with Crippen LogP contribution in [0.25, 0.3) is 0 Å². The van der Waals surface area contributed by atoms with Gasteiger partial charge in [0.2, 0.25) is 0 Å². The minimum Gasteiger partial charge on any atom is -0.399 e. The second-order valence-electron chi connectivity index (χ2n) is 5.39. The highest BCUT2D eigenvalue weighted by molar-refractivity contribution is 5.55. The van der Waals surface area contributed by atoms with Gasteiger partial charge in [0.1, 0.15) is 0 Å². The Morgan fingerprint density at radius 2 is 2.35 bits per heavy atom. The number of nitrogens with one attached hydrogen (secondary N) is 1. The number of anilines is 2. The molecule has 2 unspecified atom stereocenters. The van der Waals surface area contributed by atoms with Gasteiger partial charge in [0.15, 0.2) is 0 Å². The molecule has 1 aromatic rings. The van der Waals surface area contributed by atoms with E-state index in [-0.39, 0.29) is 12.1 Å². The number of hydrogen-bond acceptors (Lipinski definition) is 3. The van der Waals surface area contributed by atoms with Gasteiger partial charge in [0, 0.05) is 11.4 Å². The smallest absolute Gasteiger partial charge is 0.0661 e. The Kier molecular flexibility index (Phi) is 3.57. The molecule has 3 nitrogen and oxygen atoms in total. The largest absolute Gasteiger partial charge is 0.399 e. The zero-order chi connectivity index (χ0) is 12.3. The van der Waals surface area contributed by atoms with Crippen molar-refractivity contribution in [3.63, 3.8) is 0 Å². The van der Waals surface area contributed by atoms with Gasteiger partial charge in [-0.2, -0.15) is 0 Å². The van der Waals surface area contributed by atoms with E-state index in [0.29, 0.717) is 5.92 Å². The van der Waals surface area contributed by atoms with Crippen molar-refractivity contribution in [1.29, 1.82) is 0 Å². The summed E-state index contributed by atoms with van der Waals surface area (Å²) in [5, 5.41) is 13.2. The quantitative estimate of drug-likeness (QED) is 0.705. The number of hydrogen-bond donors (Lipinski definition) is 3. The summed E-state index contributed by atoms with van der Waals surface area (Å²) in [4.78, 5) is 0. The van der Waals surface area contributed by atoms with Crippen LogP contribution in [0.4, 0.5) is 11.4 Å². The van der Waals surface area contributed by atoms with Crippen LogP contribution < -0.4 is 11.1 Å². The Hall–Kier alpha value is -1.22. The van der Waals surface area contributed by atoms with Crippen LogP contribution in [0.15, 0.2) is 24.3 Å². The van der Waals surface area contributed by atoms with Gasteiger partial charge in [-0.25, -0.2) is 0 Å². The SMILES string of the molecule is CC1CCCC(CO)(Nc2cccc(N)c2)C1. The van der Waals surface area contributed by atoms with Crippen LogP contribution in [0.5, 0.6) is 0 Å². The molecule has 2 rings (SSSR count). The Labute approximate surface area is 103 Å². The van der Waals surface area contributed by atoms with Gasteiger partial charge in [-0.05, 0) is 37.0 Å². The van der Waals surface area contributed by atoms with Crippen LogP contribution in [-0.4, -0.2) is 17.3 Å². The van der Waals surface area contributed by atoms with E-state index >= 15 is 0 Å². The molecule has 2 atom stereocenters. The minimum absolute atomic E-state index is 0.161. The topological polar surface area (TPSA) is 58.3 Å². The molecule has 0 aromatic heterocycles. The summed E-state index contributed by atoms with van der Waals surface area (Å²) in [6.45, 7) is 2.44. The predicted molar refractivity (Wildman–Crippen MR) is 71.9 cm³/mol. The van der Waals surface area contributed by atoms with Gasteiger partial charge >= 0.3 is 0 Å². The lowest BCUT2D eigenvalue weighted by atomic mass is 9.76. The Bertz CT molecular complexity index is 380. The fourth-order valence-electron chi connectivity index (χ4n) is 2.88. The third kappa shape index (κ3) is 2.91. The van der Waals surface area contributed by atoms with E-state index in [1.807, 2.05) is 24.3 Å². The third-order valence-corrected chi connectivity index (χ3v) is 3.69. The van der Waals surface area contributed by atoms with Crippen molar-refractivity contribution in [2.24, 2.45) is 5.92 Å². The highest BCUT2D eigenvalue weighted by Crippen LogP contribution is 2.34. The molecule has 0 aliphatic heterocycles. The van der Waals surface area contributed by atoms with Gasteiger partial charge in [-0.1, -0.05) is 25.8 Å².